The van der Waals surface area contributed by atoms with Crippen LogP contribution in [-0.2, 0) is 9.53 Å². The number of ether oxygens (including phenoxy) is 1. The molecule has 2 aliphatic rings. The van der Waals surface area contributed by atoms with E-state index in [9.17, 15) is 4.79 Å². The lowest BCUT2D eigenvalue weighted by atomic mass is 9.65. The lowest BCUT2D eigenvalue weighted by molar-refractivity contribution is -0.153. The maximum atomic E-state index is 11.8. The first-order valence-corrected chi connectivity index (χ1v) is 6.49. The van der Waals surface area contributed by atoms with Crippen molar-refractivity contribution >= 4 is 5.97 Å². The summed E-state index contributed by atoms with van der Waals surface area (Å²) in [4.78, 5) is 11.8. The summed E-state index contributed by atoms with van der Waals surface area (Å²) >= 11 is 0. The average molecular weight is 210 g/mol. The molecule has 0 aromatic rings. The predicted octanol–water partition coefficient (Wildman–Crippen LogP) is 3.16. The molecule has 2 unspecified atom stereocenters. The van der Waals surface area contributed by atoms with Crippen molar-refractivity contribution in [2.45, 2.75) is 51.9 Å². The molecule has 2 aliphatic carbocycles. The summed E-state index contributed by atoms with van der Waals surface area (Å²) in [5.74, 6) is 1.77. The predicted molar refractivity (Wildman–Crippen MR) is 59.4 cm³/mol. The first-order valence-electron chi connectivity index (χ1n) is 6.49. The normalized spacial score (nSPS) is 35.7. The Balaban J connectivity index is 2.00. The second-order valence-corrected chi connectivity index (χ2v) is 5.00. The van der Waals surface area contributed by atoms with Gasteiger partial charge in [-0.25, -0.2) is 0 Å². The molecule has 0 radical (unpaired) electrons. The van der Waals surface area contributed by atoms with Crippen LogP contribution in [0.25, 0.3) is 0 Å². The van der Waals surface area contributed by atoms with Crippen molar-refractivity contribution in [3.8, 4) is 0 Å². The van der Waals surface area contributed by atoms with Crippen LogP contribution in [0.2, 0.25) is 0 Å². The molecule has 0 heterocycles. The zero-order chi connectivity index (χ0) is 10.7. The Morgan fingerprint density at radius 1 is 1.13 bits per heavy atom. The van der Waals surface area contributed by atoms with Crippen LogP contribution < -0.4 is 0 Å². The van der Waals surface area contributed by atoms with Crippen molar-refractivity contribution in [2.75, 3.05) is 6.61 Å². The summed E-state index contributed by atoms with van der Waals surface area (Å²) in [5.41, 5.74) is 0. The van der Waals surface area contributed by atoms with Crippen LogP contribution in [0.4, 0.5) is 0 Å². The van der Waals surface area contributed by atoms with Crippen molar-refractivity contribution in [1.29, 1.82) is 0 Å². The standard InChI is InChI=1S/C13H22O2/c1-2-15-13(14)12-9-5-7-10-6-3-4-8-11(10)12/h10-12H,2-9H2,1H3/t10?,11?,12-/m1/s1. The first-order chi connectivity index (χ1) is 7.33. The summed E-state index contributed by atoms with van der Waals surface area (Å²) in [6, 6.07) is 0. The lowest BCUT2D eigenvalue weighted by Gasteiger charge is -2.40. The van der Waals surface area contributed by atoms with Crippen molar-refractivity contribution < 1.29 is 9.53 Å². The summed E-state index contributed by atoms with van der Waals surface area (Å²) in [6.45, 7) is 2.44. The van der Waals surface area contributed by atoms with Crippen molar-refractivity contribution in [2.24, 2.45) is 17.8 Å². The number of fused-ring (bicyclic) bond motifs is 1. The first kappa shape index (κ1) is 11.0. The highest BCUT2D eigenvalue weighted by Crippen LogP contribution is 2.44. The van der Waals surface area contributed by atoms with Gasteiger partial charge in [-0.05, 0) is 31.6 Å². The quantitative estimate of drug-likeness (QED) is 0.654. The van der Waals surface area contributed by atoms with Gasteiger partial charge in [-0.1, -0.05) is 32.1 Å². The van der Waals surface area contributed by atoms with Crippen molar-refractivity contribution in [1.82, 2.24) is 0 Å². The molecule has 2 saturated carbocycles. The number of carbonyl (C=O) groups is 1. The lowest BCUT2D eigenvalue weighted by Crippen LogP contribution is -2.36. The van der Waals surface area contributed by atoms with E-state index in [0.29, 0.717) is 12.5 Å². The van der Waals surface area contributed by atoms with Crippen LogP contribution in [0.1, 0.15) is 51.9 Å². The van der Waals surface area contributed by atoms with Gasteiger partial charge in [-0.15, -0.1) is 0 Å². The van der Waals surface area contributed by atoms with Crippen molar-refractivity contribution in [3.63, 3.8) is 0 Å². The van der Waals surface area contributed by atoms with Crippen molar-refractivity contribution in [3.05, 3.63) is 0 Å². The number of carbonyl (C=O) groups excluding carboxylic acids is 1. The molecule has 0 N–H and O–H groups in total. The van der Waals surface area contributed by atoms with Crippen LogP contribution in [-0.4, -0.2) is 12.6 Å². The van der Waals surface area contributed by atoms with E-state index >= 15 is 0 Å². The van der Waals surface area contributed by atoms with E-state index in [1.807, 2.05) is 6.92 Å². The molecule has 0 aromatic heterocycles. The second kappa shape index (κ2) is 5.00. The second-order valence-electron chi connectivity index (χ2n) is 5.00. The molecular weight excluding hydrogens is 188 g/mol. The third kappa shape index (κ3) is 2.35. The molecule has 2 nitrogen and oxygen atoms in total. The number of esters is 1. The molecule has 15 heavy (non-hydrogen) atoms. The van der Waals surface area contributed by atoms with Gasteiger partial charge < -0.3 is 4.74 Å². The molecule has 0 amide bonds. The average Bonchev–Trinajstić information content (AvgIpc) is 2.28. The Morgan fingerprint density at radius 3 is 2.67 bits per heavy atom. The molecule has 3 atom stereocenters. The highest BCUT2D eigenvalue weighted by molar-refractivity contribution is 5.73. The van der Waals surface area contributed by atoms with Crippen LogP contribution in [0.15, 0.2) is 0 Å². The van der Waals surface area contributed by atoms with Crippen LogP contribution in [0.5, 0.6) is 0 Å². The van der Waals surface area contributed by atoms with Gasteiger partial charge in [0, 0.05) is 0 Å². The molecule has 0 spiro atoms. The minimum Gasteiger partial charge on any atom is -0.466 e. The molecule has 86 valence electrons. The van der Waals surface area contributed by atoms with Gasteiger partial charge in [0.15, 0.2) is 0 Å². The SMILES string of the molecule is CCOC(=O)[C@@H]1CCCC2CCCCC21. The fourth-order valence-corrected chi connectivity index (χ4v) is 3.48. The monoisotopic (exact) mass is 210 g/mol. The number of hydrogen-bond donors (Lipinski definition) is 0. The van der Waals surface area contributed by atoms with Gasteiger partial charge in [0.05, 0.1) is 12.5 Å². The van der Waals surface area contributed by atoms with E-state index in [0.717, 1.165) is 12.3 Å². The van der Waals surface area contributed by atoms with Gasteiger partial charge in [0.25, 0.3) is 0 Å². The van der Waals surface area contributed by atoms with Crippen LogP contribution in [0.3, 0.4) is 0 Å². The Hall–Kier alpha value is -0.530. The van der Waals surface area contributed by atoms with E-state index in [1.54, 1.807) is 0 Å². The van der Waals surface area contributed by atoms with Crippen LogP contribution in [0, 0.1) is 17.8 Å². The smallest absolute Gasteiger partial charge is 0.309 e. The van der Waals surface area contributed by atoms with E-state index in [2.05, 4.69) is 0 Å². The summed E-state index contributed by atoms with van der Waals surface area (Å²) < 4.78 is 5.19. The minimum atomic E-state index is 0.0779. The molecule has 0 saturated heterocycles. The maximum Gasteiger partial charge on any atom is 0.309 e. The zero-order valence-corrected chi connectivity index (χ0v) is 9.71. The Labute approximate surface area is 92.4 Å². The molecule has 2 heteroatoms. The van der Waals surface area contributed by atoms with Gasteiger partial charge in [0.2, 0.25) is 0 Å². The zero-order valence-electron chi connectivity index (χ0n) is 9.71. The van der Waals surface area contributed by atoms with E-state index < -0.39 is 0 Å². The molecule has 2 rings (SSSR count). The summed E-state index contributed by atoms with van der Waals surface area (Å²) in [5, 5.41) is 0. The van der Waals surface area contributed by atoms with E-state index in [-0.39, 0.29) is 11.9 Å². The summed E-state index contributed by atoms with van der Waals surface area (Å²) in [7, 11) is 0. The topological polar surface area (TPSA) is 26.3 Å². The van der Waals surface area contributed by atoms with Gasteiger partial charge >= 0.3 is 5.97 Å². The largest absolute Gasteiger partial charge is 0.466 e. The number of hydrogen-bond acceptors (Lipinski definition) is 2. The van der Waals surface area contributed by atoms with Gasteiger partial charge in [-0.2, -0.15) is 0 Å². The fraction of sp³-hybridized carbons (Fsp3) is 0.923. The summed E-state index contributed by atoms with van der Waals surface area (Å²) in [6.07, 6.45) is 8.94. The molecule has 2 fully saturated rings. The Morgan fingerprint density at radius 2 is 1.87 bits per heavy atom. The maximum absolute atomic E-state index is 11.8. The number of rotatable bonds is 2. The van der Waals surface area contributed by atoms with E-state index in [1.165, 1.54) is 38.5 Å². The Kier molecular flexibility index (Phi) is 3.66. The van der Waals surface area contributed by atoms with E-state index in [4.69, 9.17) is 4.74 Å². The minimum absolute atomic E-state index is 0.0779. The molecule has 0 aliphatic heterocycles. The molecular formula is C13H22O2. The third-order valence-electron chi connectivity index (χ3n) is 4.16. The molecule has 0 bridgehead atoms. The Bertz CT molecular complexity index is 223. The highest BCUT2D eigenvalue weighted by Gasteiger charge is 2.39. The van der Waals surface area contributed by atoms with Gasteiger partial charge in [0.1, 0.15) is 0 Å². The third-order valence-corrected chi connectivity index (χ3v) is 4.16. The highest BCUT2D eigenvalue weighted by atomic mass is 16.5. The molecule has 0 aromatic carbocycles. The van der Waals surface area contributed by atoms with Crippen LogP contribution >= 0.6 is 0 Å². The van der Waals surface area contributed by atoms with Gasteiger partial charge in [-0.3, -0.25) is 4.79 Å². The fourth-order valence-electron chi connectivity index (χ4n) is 3.48.